The lowest BCUT2D eigenvalue weighted by atomic mass is 10.2. The van der Waals surface area contributed by atoms with Crippen LogP contribution in [-0.2, 0) is 0 Å². The molecule has 0 aliphatic heterocycles. The molecule has 0 radical (unpaired) electrons. The van der Waals surface area contributed by atoms with Gasteiger partial charge in [0.15, 0.2) is 0 Å². The summed E-state index contributed by atoms with van der Waals surface area (Å²) in [7, 11) is 0. The molecule has 2 N–H and O–H groups in total. The molecule has 0 amide bonds. The summed E-state index contributed by atoms with van der Waals surface area (Å²) in [6.45, 7) is 0. The van der Waals surface area contributed by atoms with Gasteiger partial charge in [0.05, 0.1) is 21.3 Å². The van der Waals surface area contributed by atoms with Crippen LogP contribution < -0.4 is 5.73 Å². The van der Waals surface area contributed by atoms with Crippen LogP contribution >= 0.6 is 23.2 Å². The van der Waals surface area contributed by atoms with Crippen LogP contribution in [0, 0.1) is 0 Å². The largest absolute Gasteiger partial charge is 0.397 e. The van der Waals surface area contributed by atoms with Gasteiger partial charge in [0.2, 0.25) is 5.82 Å². The molecule has 3 aromatic rings. The molecule has 8 heteroatoms. The van der Waals surface area contributed by atoms with Crippen LogP contribution in [0.5, 0.6) is 0 Å². The minimum absolute atomic E-state index is 0.184. The van der Waals surface area contributed by atoms with E-state index in [0.29, 0.717) is 27.1 Å². The quantitative estimate of drug-likeness (QED) is 0.732. The molecule has 0 fully saturated rings. The Balaban J connectivity index is 2.10. The SMILES string of the molecule is Nc1c(Cl)ccc(Cl)c1-c1nc(-c2ccncn2)no1. The molecular weight excluding hydrogens is 301 g/mol. The maximum absolute atomic E-state index is 6.10. The van der Waals surface area contributed by atoms with Crippen molar-refractivity contribution >= 4 is 28.9 Å². The Hall–Kier alpha value is -2.18. The van der Waals surface area contributed by atoms with Gasteiger partial charge in [0.25, 0.3) is 5.89 Å². The average Bonchev–Trinajstić information content (AvgIpc) is 2.94. The van der Waals surface area contributed by atoms with E-state index >= 15 is 0 Å². The highest BCUT2D eigenvalue weighted by molar-refractivity contribution is 6.37. The van der Waals surface area contributed by atoms with E-state index < -0.39 is 0 Å². The molecule has 0 saturated carbocycles. The molecule has 0 unspecified atom stereocenters. The van der Waals surface area contributed by atoms with Crippen molar-refractivity contribution < 1.29 is 4.52 Å². The van der Waals surface area contributed by atoms with Crippen LogP contribution in [0.2, 0.25) is 10.0 Å². The number of hydrogen-bond acceptors (Lipinski definition) is 6. The minimum Gasteiger partial charge on any atom is -0.397 e. The van der Waals surface area contributed by atoms with Crippen molar-refractivity contribution in [1.29, 1.82) is 0 Å². The van der Waals surface area contributed by atoms with Gasteiger partial charge in [0, 0.05) is 6.20 Å². The Morgan fingerprint density at radius 3 is 2.65 bits per heavy atom. The lowest BCUT2D eigenvalue weighted by Crippen LogP contribution is -1.93. The highest BCUT2D eigenvalue weighted by atomic mass is 35.5. The fourth-order valence-corrected chi connectivity index (χ4v) is 2.04. The smallest absolute Gasteiger partial charge is 0.261 e. The number of halogens is 2. The third kappa shape index (κ3) is 2.19. The van der Waals surface area contributed by atoms with Crippen LogP contribution in [0.25, 0.3) is 23.0 Å². The lowest BCUT2D eigenvalue weighted by Gasteiger charge is -2.04. The van der Waals surface area contributed by atoms with Gasteiger partial charge in [-0.05, 0) is 18.2 Å². The van der Waals surface area contributed by atoms with E-state index in [1.54, 1.807) is 24.4 Å². The summed E-state index contributed by atoms with van der Waals surface area (Å²) < 4.78 is 5.18. The second kappa shape index (κ2) is 5.07. The number of nitrogens with two attached hydrogens (primary N) is 1. The first-order valence-electron chi connectivity index (χ1n) is 5.51. The van der Waals surface area contributed by atoms with Crippen LogP contribution in [-0.4, -0.2) is 20.1 Å². The van der Waals surface area contributed by atoms with Gasteiger partial charge < -0.3 is 10.3 Å². The molecule has 100 valence electrons. The Kier molecular flexibility index (Phi) is 3.25. The molecule has 3 rings (SSSR count). The van der Waals surface area contributed by atoms with Gasteiger partial charge in [0.1, 0.15) is 12.0 Å². The Morgan fingerprint density at radius 2 is 1.90 bits per heavy atom. The molecule has 1 aromatic carbocycles. The van der Waals surface area contributed by atoms with Crippen molar-refractivity contribution in [2.75, 3.05) is 5.73 Å². The monoisotopic (exact) mass is 307 g/mol. The number of anilines is 1. The molecular formula is C12H7Cl2N5O. The molecule has 0 spiro atoms. The van der Waals surface area contributed by atoms with E-state index in [9.17, 15) is 0 Å². The lowest BCUT2D eigenvalue weighted by molar-refractivity contribution is 0.432. The summed E-state index contributed by atoms with van der Waals surface area (Å²) >= 11 is 12.1. The maximum Gasteiger partial charge on any atom is 0.261 e. The molecule has 0 aliphatic rings. The minimum atomic E-state index is 0.184. The van der Waals surface area contributed by atoms with E-state index in [2.05, 4.69) is 20.1 Å². The molecule has 0 bridgehead atoms. The van der Waals surface area contributed by atoms with Gasteiger partial charge >= 0.3 is 0 Å². The fraction of sp³-hybridized carbons (Fsp3) is 0. The molecule has 0 aliphatic carbocycles. The van der Waals surface area contributed by atoms with Gasteiger partial charge in [-0.2, -0.15) is 4.98 Å². The van der Waals surface area contributed by atoms with Crippen LogP contribution in [0.15, 0.2) is 35.2 Å². The Morgan fingerprint density at radius 1 is 1.10 bits per heavy atom. The van der Waals surface area contributed by atoms with Crippen molar-refractivity contribution in [2.45, 2.75) is 0 Å². The van der Waals surface area contributed by atoms with Crippen molar-refractivity contribution in [3.63, 3.8) is 0 Å². The zero-order valence-electron chi connectivity index (χ0n) is 9.92. The fourth-order valence-electron chi connectivity index (χ4n) is 1.64. The van der Waals surface area contributed by atoms with Crippen LogP contribution in [0.4, 0.5) is 5.69 Å². The second-order valence-corrected chi connectivity index (χ2v) is 4.65. The standard InChI is InChI=1S/C12H7Cl2N5O/c13-6-1-2-7(14)10(15)9(6)12-18-11(19-20-12)8-3-4-16-5-17-8/h1-5H,15H2. The predicted molar refractivity (Wildman–Crippen MR) is 75.2 cm³/mol. The van der Waals surface area contributed by atoms with Crippen LogP contribution in [0.3, 0.4) is 0 Å². The molecule has 6 nitrogen and oxygen atoms in total. The first kappa shape index (κ1) is 12.8. The molecule has 2 aromatic heterocycles. The van der Waals surface area contributed by atoms with Gasteiger partial charge in [-0.1, -0.05) is 28.4 Å². The second-order valence-electron chi connectivity index (χ2n) is 3.84. The Labute approximate surface area is 123 Å². The summed E-state index contributed by atoms with van der Waals surface area (Å²) in [6, 6.07) is 4.88. The summed E-state index contributed by atoms with van der Waals surface area (Å²) in [4.78, 5) is 12.1. The van der Waals surface area contributed by atoms with Crippen LogP contribution in [0.1, 0.15) is 0 Å². The van der Waals surface area contributed by atoms with Gasteiger partial charge in [-0.25, -0.2) is 9.97 Å². The third-order valence-corrected chi connectivity index (χ3v) is 3.24. The van der Waals surface area contributed by atoms with Crippen molar-refractivity contribution in [3.05, 3.63) is 40.8 Å². The number of hydrogen-bond donors (Lipinski definition) is 1. The normalized spacial score (nSPS) is 10.7. The Bertz CT molecular complexity index is 760. The summed E-state index contributed by atoms with van der Waals surface area (Å²) in [5.41, 5.74) is 7.13. The first-order valence-corrected chi connectivity index (χ1v) is 6.26. The number of nitrogen functional groups attached to an aromatic ring is 1. The zero-order chi connectivity index (χ0) is 14.1. The summed E-state index contributed by atoms with van der Waals surface area (Å²) in [5.74, 6) is 0.501. The highest BCUT2D eigenvalue weighted by Crippen LogP contribution is 2.37. The maximum atomic E-state index is 6.10. The van der Waals surface area contributed by atoms with Crippen molar-refractivity contribution in [1.82, 2.24) is 20.1 Å². The highest BCUT2D eigenvalue weighted by Gasteiger charge is 2.18. The van der Waals surface area contributed by atoms with E-state index in [-0.39, 0.29) is 11.6 Å². The molecule has 0 atom stereocenters. The van der Waals surface area contributed by atoms with Crippen molar-refractivity contribution in [3.8, 4) is 23.0 Å². The first-order chi connectivity index (χ1) is 9.66. The summed E-state index contributed by atoms with van der Waals surface area (Å²) in [5, 5.41) is 4.59. The van der Waals surface area contributed by atoms with E-state index in [1.807, 2.05) is 0 Å². The molecule has 0 saturated heterocycles. The number of nitrogens with zero attached hydrogens (tertiary/aromatic N) is 4. The van der Waals surface area contributed by atoms with E-state index in [0.717, 1.165) is 0 Å². The third-order valence-electron chi connectivity index (χ3n) is 2.59. The van der Waals surface area contributed by atoms with Crippen molar-refractivity contribution in [2.24, 2.45) is 0 Å². The van der Waals surface area contributed by atoms with E-state index in [1.165, 1.54) is 6.33 Å². The number of rotatable bonds is 2. The predicted octanol–water partition coefficient (Wildman–Crippen LogP) is 3.08. The molecule has 2 heterocycles. The zero-order valence-corrected chi connectivity index (χ0v) is 11.4. The van der Waals surface area contributed by atoms with E-state index in [4.69, 9.17) is 33.5 Å². The summed E-state index contributed by atoms with van der Waals surface area (Å²) in [6.07, 6.45) is 2.98. The number of aromatic nitrogens is 4. The average molecular weight is 308 g/mol. The van der Waals surface area contributed by atoms with Gasteiger partial charge in [-0.15, -0.1) is 0 Å². The van der Waals surface area contributed by atoms with Gasteiger partial charge in [-0.3, -0.25) is 0 Å². The topological polar surface area (TPSA) is 90.7 Å². The number of benzene rings is 1. The molecule has 20 heavy (non-hydrogen) atoms.